The second kappa shape index (κ2) is 8.00. The Bertz CT molecular complexity index is 1040. The molecule has 0 amide bonds. The highest BCUT2D eigenvalue weighted by atomic mass is 32.1. The van der Waals surface area contributed by atoms with Crippen LogP contribution >= 0.6 is 12.2 Å². The number of H-pyrrole nitrogens is 1. The lowest BCUT2D eigenvalue weighted by atomic mass is 9.81. The fourth-order valence-corrected chi connectivity index (χ4v) is 3.68. The molecule has 4 N–H and O–H groups in total. The van der Waals surface area contributed by atoms with Gasteiger partial charge in [0.15, 0.2) is 16.3 Å². The molecular weight excluding hydrogens is 396 g/mol. The number of ether oxygens (including phenoxy) is 4. The lowest BCUT2D eigenvalue weighted by molar-refractivity contribution is -0.136. The van der Waals surface area contributed by atoms with E-state index in [9.17, 15) is 4.79 Å². The van der Waals surface area contributed by atoms with E-state index in [0.29, 0.717) is 51.3 Å². The number of methoxy groups -OCH3 is 4. The van der Waals surface area contributed by atoms with Crippen LogP contribution in [0.5, 0.6) is 17.2 Å². The number of rotatable bonds is 5. The maximum absolute atomic E-state index is 12.7. The van der Waals surface area contributed by atoms with Crippen LogP contribution in [0.2, 0.25) is 0 Å². The van der Waals surface area contributed by atoms with Gasteiger partial charge in [0.2, 0.25) is 5.75 Å². The molecule has 9 nitrogen and oxygen atoms in total. The number of hydrogen-bond acceptors (Lipinski definition) is 9. The molecule has 0 spiro atoms. The highest BCUT2D eigenvalue weighted by molar-refractivity contribution is 7.71. The Labute approximate surface area is 172 Å². The zero-order valence-corrected chi connectivity index (χ0v) is 17.5. The minimum absolute atomic E-state index is 0.228. The molecule has 3 rings (SSSR count). The number of fused-ring (bicyclic) bond motifs is 1. The smallest absolute Gasteiger partial charge is 0.336 e. The summed E-state index contributed by atoms with van der Waals surface area (Å²) in [4.78, 5) is 19.9. The minimum atomic E-state index is -0.605. The summed E-state index contributed by atoms with van der Waals surface area (Å²) >= 11 is 5.14. The number of carbonyl (C=O) groups excluding carboxylic acids is 1. The summed E-state index contributed by atoms with van der Waals surface area (Å²) in [5.41, 5.74) is 8.46. The molecule has 2 heterocycles. The quantitative estimate of drug-likeness (QED) is 0.497. The average molecular weight is 418 g/mol. The number of nitrogens with one attached hydrogen (secondary N) is 2. The van der Waals surface area contributed by atoms with E-state index >= 15 is 0 Å². The molecule has 0 aliphatic carbocycles. The first kappa shape index (κ1) is 20.5. The molecule has 0 bridgehead atoms. The van der Waals surface area contributed by atoms with Crippen LogP contribution < -0.4 is 25.3 Å². The van der Waals surface area contributed by atoms with Gasteiger partial charge in [-0.1, -0.05) is 0 Å². The van der Waals surface area contributed by atoms with Gasteiger partial charge in [0.1, 0.15) is 11.6 Å². The predicted molar refractivity (Wildman–Crippen MR) is 110 cm³/mol. The summed E-state index contributed by atoms with van der Waals surface area (Å²) in [6.07, 6.45) is 0. The number of benzene rings is 1. The van der Waals surface area contributed by atoms with Gasteiger partial charge in [-0.15, -0.1) is 0 Å². The number of nitrogen functional groups attached to an aromatic ring is 1. The number of aromatic nitrogens is 2. The highest BCUT2D eigenvalue weighted by Gasteiger charge is 2.36. The normalized spacial score (nSPS) is 15.3. The van der Waals surface area contributed by atoms with E-state index in [1.807, 2.05) is 0 Å². The molecular formula is C19H22N4O5S. The van der Waals surface area contributed by atoms with E-state index in [4.69, 9.17) is 36.9 Å². The SMILES string of the molecule is COC(=O)C1=C(C)Nc2nc(=S)[nH]c(N)c2C1c1cc(OC)c(OC)c(OC)c1. The first-order chi connectivity index (χ1) is 13.9. The molecule has 154 valence electrons. The van der Waals surface area contributed by atoms with Crippen LogP contribution in [0.3, 0.4) is 0 Å². The standard InChI is InChI=1S/C19H22N4O5S/c1-8-12(18(24)28-5)13(14-16(20)22-19(29)23-17(14)21-8)9-6-10(25-2)15(27-4)11(7-9)26-3/h6-7,13H,1-5H3,(H4,20,21,22,23,29). The Morgan fingerprint density at radius 2 is 1.76 bits per heavy atom. The molecule has 1 aromatic carbocycles. The van der Waals surface area contributed by atoms with Crippen LogP contribution in [-0.4, -0.2) is 44.4 Å². The maximum Gasteiger partial charge on any atom is 0.336 e. The third kappa shape index (κ3) is 3.46. The van der Waals surface area contributed by atoms with Crippen molar-refractivity contribution in [3.63, 3.8) is 0 Å². The van der Waals surface area contributed by atoms with E-state index in [1.54, 1.807) is 19.1 Å². The van der Waals surface area contributed by atoms with Crippen molar-refractivity contribution >= 4 is 29.8 Å². The first-order valence-corrected chi connectivity index (χ1v) is 9.02. The molecule has 2 aromatic rings. The molecule has 1 aliphatic rings. The van der Waals surface area contributed by atoms with Crippen LogP contribution in [-0.2, 0) is 9.53 Å². The van der Waals surface area contributed by atoms with E-state index in [-0.39, 0.29) is 4.77 Å². The van der Waals surface area contributed by atoms with Gasteiger partial charge in [0.25, 0.3) is 0 Å². The van der Waals surface area contributed by atoms with Crippen molar-refractivity contribution in [2.24, 2.45) is 0 Å². The predicted octanol–water partition coefficient (Wildman–Crippen LogP) is 2.75. The van der Waals surface area contributed by atoms with Crippen LogP contribution in [0.15, 0.2) is 23.4 Å². The highest BCUT2D eigenvalue weighted by Crippen LogP contribution is 2.47. The van der Waals surface area contributed by atoms with Crippen LogP contribution in [0.25, 0.3) is 0 Å². The van der Waals surface area contributed by atoms with Gasteiger partial charge >= 0.3 is 5.97 Å². The van der Waals surface area contributed by atoms with Crippen LogP contribution in [0.1, 0.15) is 24.0 Å². The zero-order chi connectivity index (χ0) is 21.3. The molecule has 10 heteroatoms. The van der Waals surface area contributed by atoms with Crippen molar-refractivity contribution in [1.29, 1.82) is 0 Å². The zero-order valence-electron chi connectivity index (χ0n) is 16.7. The Morgan fingerprint density at radius 1 is 1.14 bits per heavy atom. The molecule has 0 radical (unpaired) electrons. The number of carbonyl (C=O) groups is 1. The Morgan fingerprint density at radius 3 is 2.28 bits per heavy atom. The fraction of sp³-hybridized carbons (Fsp3) is 0.316. The molecule has 1 aliphatic heterocycles. The lowest BCUT2D eigenvalue weighted by Gasteiger charge is -2.30. The summed E-state index contributed by atoms with van der Waals surface area (Å²) < 4.78 is 21.6. The Kier molecular flexibility index (Phi) is 5.64. The first-order valence-electron chi connectivity index (χ1n) is 8.61. The topological polar surface area (TPSA) is 121 Å². The van der Waals surface area contributed by atoms with E-state index in [2.05, 4.69) is 15.3 Å². The lowest BCUT2D eigenvalue weighted by Crippen LogP contribution is -2.26. The largest absolute Gasteiger partial charge is 0.493 e. The van der Waals surface area contributed by atoms with Gasteiger partial charge in [0, 0.05) is 11.3 Å². The van der Waals surface area contributed by atoms with Crippen molar-refractivity contribution in [3.05, 3.63) is 39.3 Å². The van der Waals surface area contributed by atoms with E-state index < -0.39 is 11.9 Å². The third-order valence-electron chi connectivity index (χ3n) is 4.71. The Balaban J connectivity index is 2.36. The van der Waals surface area contributed by atoms with Crippen molar-refractivity contribution < 1.29 is 23.7 Å². The number of aromatic amines is 1. The van der Waals surface area contributed by atoms with Gasteiger partial charge in [-0.3, -0.25) is 0 Å². The Hall–Kier alpha value is -3.27. The molecule has 1 aromatic heterocycles. The monoisotopic (exact) mass is 418 g/mol. The van der Waals surface area contributed by atoms with Crippen molar-refractivity contribution in [2.75, 3.05) is 39.5 Å². The summed E-state index contributed by atoms with van der Waals surface area (Å²) in [7, 11) is 5.89. The molecule has 0 fully saturated rings. The van der Waals surface area contributed by atoms with Gasteiger partial charge < -0.3 is 35.0 Å². The van der Waals surface area contributed by atoms with Gasteiger partial charge in [-0.25, -0.2) is 9.78 Å². The van der Waals surface area contributed by atoms with E-state index in [1.165, 1.54) is 28.4 Å². The summed E-state index contributed by atoms with van der Waals surface area (Å²) in [5, 5.41) is 3.10. The fourth-order valence-electron chi connectivity index (χ4n) is 3.48. The maximum atomic E-state index is 12.7. The second-order valence-electron chi connectivity index (χ2n) is 6.26. The van der Waals surface area contributed by atoms with Gasteiger partial charge in [0.05, 0.1) is 39.9 Å². The number of anilines is 2. The average Bonchev–Trinajstić information content (AvgIpc) is 2.70. The van der Waals surface area contributed by atoms with Gasteiger partial charge in [-0.2, -0.15) is 0 Å². The van der Waals surface area contributed by atoms with E-state index in [0.717, 1.165) is 0 Å². The van der Waals surface area contributed by atoms with Gasteiger partial charge in [-0.05, 0) is 36.8 Å². The van der Waals surface area contributed by atoms with Crippen LogP contribution in [0, 0.1) is 4.77 Å². The number of nitrogens with zero attached hydrogens (tertiary/aromatic N) is 1. The summed E-state index contributed by atoms with van der Waals surface area (Å²) in [6.45, 7) is 1.76. The van der Waals surface area contributed by atoms with Crippen molar-refractivity contribution in [1.82, 2.24) is 9.97 Å². The third-order valence-corrected chi connectivity index (χ3v) is 4.91. The van der Waals surface area contributed by atoms with Crippen molar-refractivity contribution in [3.8, 4) is 17.2 Å². The molecule has 1 unspecified atom stereocenters. The number of esters is 1. The molecule has 0 saturated heterocycles. The van der Waals surface area contributed by atoms with Crippen molar-refractivity contribution in [2.45, 2.75) is 12.8 Å². The molecule has 1 atom stereocenters. The molecule has 0 saturated carbocycles. The number of hydrogen-bond donors (Lipinski definition) is 3. The summed E-state index contributed by atoms with van der Waals surface area (Å²) in [6, 6.07) is 3.52. The molecule has 29 heavy (non-hydrogen) atoms. The summed E-state index contributed by atoms with van der Waals surface area (Å²) in [5.74, 6) is 0.980. The number of nitrogens with two attached hydrogens (primary N) is 1. The minimum Gasteiger partial charge on any atom is -0.493 e. The van der Waals surface area contributed by atoms with Crippen LogP contribution in [0.4, 0.5) is 11.6 Å². The number of allylic oxidation sites excluding steroid dienone is 1. The second-order valence-corrected chi connectivity index (χ2v) is 6.65.